The van der Waals surface area contributed by atoms with E-state index in [1.54, 1.807) is 0 Å². The van der Waals surface area contributed by atoms with Crippen LogP contribution in [0.3, 0.4) is 0 Å². The number of likely N-dealkylation sites (N-methyl/N-ethyl adjacent to an activating group) is 1. The van der Waals surface area contributed by atoms with Crippen LogP contribution in [0.4, 0.5) is 5.69 Å². The zero-order valence-corrected chi connectivity index (χ0v) is 15.6. The van der Waals surface area contributed by atoms with Crippen LogP contribution in [0.2, 0.25) is 0 Å². The number of anilines is 1. The lowest BCUT2D eigenvalue weighted by Gasteiger charge is -2.32. The Balaban J connectivity index is 1.43. The molecule has 2 unspecified atom stereocenters. The maximum absolute atomic E-state index is 12.3. The van der Waals surface area contributed by atoms with Gasteiger partial charge in [0.25, 0.3) is 0 Å². The highest BCUT2D eigenvalue weighted by molar-refractivity contribution is 5.95. The summed E-state index contributed by atoms with van der Waals surface area (Å²) in [7, 11) is 2.32. The van der Waals surface area contributed by atoms with Crippen molar-refractivity contribution in [3.05, 3.63) is 29.3 Å². The van der Waals surface area contributed by atoms with E-state index in [-0.39, 0.29) is 5.91 Å². The summed E-state index contributed by atoms with van der Waals surface area (Å²) in [6, 6.07) is 8.31. The van der Waals surface area contributed by atoms with Crippen molar-refractivity contribution in [1.82, 2.24) is 10.2 Å². The summed E-state index contributed by atoms with van der Waals surface area (Å²) in [6.07, 6.45) is 6.44. The van der Waals surface area contributed by atoms with E-state index in [0.717, 1.165) is 44.2 Å². The molecule has 1 aliphatic carbocycles. The first-order chi connectivity index (χ1) is 12.2. The van der Waals surface area contributed by atoms with Gasteiger partial charge in [-0.15, -0.1) is 0 Å². The van der Waals surface area contributed by atoms with Crippen molar-refractivity contribution < 1.29 is 4.79 Å². The average Bonchev–Trinajstić information content (AvgIpc) is 3.33. The van der Waals surface area contributed by atoms with Gasteiger partial charge in [-0.1, -0.05) is 19.1 Å². The molecule has 1 saturated heterocycles. The summed E-state index contributed by atoms with van der Waals surface area (Å²) in [5, 5.41) is 3.46. The summed E-state index contributed by atoms with van der Waals surface area (Å²) in [6.45, 7) is 5.25. The fraction of sp³-hybridized carbons (Fsp3) is 0.667. The van der Waals surface area contributed by atoms with Gasteiger partial charge in [-0.05, 0) is 69.4 Å². The lowest BCUT2D eigenvalue weighted by atomic mass is 10.0. The molecule has 3 aliphatic rings. The average molecular weight is 341 g/mol. The number of fused-ring (bicyclic) bond motifs is 1. The van der Waals surface area contributed by atoms with Gasteiger partial charge >= 0.3 is 0 Å². The van der Waals surface area contributed by atoms with Crippen molar-refractivity contribution in [1.29, 1.82) is 0 Å². The third-order valence-electron chi connectivity index (χ3n) is 6.36. The van der Waals surface area contributed by atoms with E-state index in [9.17, 15) is 4.79 Å². The van der Waals surface area contributed by atoms with Crippen LogP contribution in [0.1, 0.15) is 56.1 Å². The Morgan fingerprint density at radius 2 is 2.12 bits per heavy atom. The van der Waals surface area contributed by atoms with E-state index in [0.29, 0.717) is 18.4 Å². The zero-order valence-electron chi connectivity index (χ0n) is 15.6. The quantitative estimate of drug-likeness (QED) is 0.894. The molecule has 4 rings (SSSR count). The maximum atomic E-state index is 12.3. The van der Waals surface area contributed by atoms with Gasteiger partial charge in [-0.3, -0.25) is 9.69 Å². The Bertz CT molecular complexity index is 638. The highest BCUT2D eigenvalue weighted by Gasteiger charge is 2.43. The molecule has 4 heteroatoms. The summed E-state index contributed by atoms with van der Waals surface area (Å²) < 4.78 is 0. The number of hydrogen-bond donors (Lipinski definition) is 1. The fourth-order valence-electron chi connectivity index (χ4n) is 4.73. The van der Waals surface area contributed by atoms with Gasteiger partial charge in [0.2, 0.25) is 5.91 Å². The molecule has 2 aliphatic heterocycles. The van der Waals surface area contributed by atoms with Gasteiger partial charge in [0.1, 0.15) is 0 Å². The van der Waals surface area contributed by atoms with Gasteiger partial charge in [-0.25, -0.2) is 0 Å². The Kier molecular flexibility index (Phi) is 4.83. The van der Waals surface area contributed by atoms with Crippen LogP contribution in [0, 0.1) is 0 Å². The molecule has 0 spiro atoms. The van der Waals surface area contributed by atoms with Crippen molar-refractivity contribution in [2.75, 3.05) is 31.6 Å². The Morgan fingerprint density at radius 3 is 2.88 bits per heavy atom. The molecule has 1 aromatic rings. The number of carbonyl (C=O) groups is 1. The Hall–Kier alpha value is -1.39. The molecule has 2 heterocycles. The molecule has 0 aromatic heterocycles. The van der Waals surface area contributed by atoms with E-state index in [1.165, 1.54) is 30.4 Å². The van der Waals surface area contributed by atoms with Gasteiger partial charge in [0.15, 0.2) is 0 Å². The third-order valence-corrected chi connectivity index (χ3v) is 6.36. The smallest absolute Gasteiger partial charge is 0.226 e. The number of carbonyl (C=O) groups excluding carboxylic acids is 1. The van der Waals surface area contributed by atoms with Crippen LogP contribution < -0.4 is 10.2 Å². The molecule has 1 aromatic carbocycles. The number of nitrogens with zero attached hydrogens (tertiary/aromatic N) is 2. The number of hydrogen-bond acceptors (Lipinski definition) is 3. The van der Waals surface area contributed by atoms with E-state index in [4.69, 9.17) is 0 Å². The summed E-state index contributed by atoms with van der Waals surface area (Å²) >= 11 is 0. The molecule has 1 N–H and O–H groups in total. The van der Waals surface area contributed by atoms with Crippen molar-refractivity contribution in [3.8, 4) is 0 Å². The molecular formula is C21H31N3O. The van der Waals surface area contributed by atoms with Crippen LogP contribution in [0.15, 0.2) is 18.2 Å². The second-order valence-electron chi connectivity index (χ2n) is 7.99. The summed E-state index contributed by atoms with van der Waals surface area (Å²) in [5.41, 5.74) is 4.01. The number of benzene rings is 1. The summed E-state index contributed by atoms with van der Waals surface area (Å²) in [5.74, 6) is 0.967. The minimum atomic E-state index is 0.281. The highest BCUT2D eigenvalue weighted by atomic mass is 16.2. The van der Waals surface area contributed by atoms with Crippen LogP contribution in [0.25, 0.3) is 0 Å². The van der Waals surface area contributed by atoms with Crippen LogP contribution in [-0.2, 0) is 11.2 Å². The van der Waals surface area contributed by atoms with E-state index in [1.807, 2.05) is 4.90 Å². The lowest BCUT2D eigenvalue weighted by Crippen LogP contribution is -2.42. The standard InChI is InChI=1S/C21H31N3O/c1-3-4-21(25)24-12-9-16-13-15(5-6-19(16)24)18-14-20(18)23(2)17-7-10-22-11-8-17/h5-6,13,17-18,20,22H,3-4,7-12,14H2,1-2H3. The predicted molar refractivity (Wildman–Crippen MR) is 102 cm³/mol. The Morgan fingerprint density at radius 1 is 1.32 bits per heavy atom. The monoisotopic (exact) mass is 341 g/mol. The first kappa shape index (κ1) is 17.0. The molecule has 2 fully saturated rings. The van der Waals surface area contributed by atoms with E-state index < -0.39 is 0 Å². The van der Waals surface area contributed by atoms with E-state index >= 15 is 0 Å². The topological polar surface area (TPSA) is 35.6 Å². The molecule has 0 bridgehead atoms. The molecule has 1 saturated carbocycles. The van der Waals surface area contributed by atoms with Gasteiger partial charge in [0, 0.05) is 36.7 Å². The maximum Gasteiger partial charge on any atom is 0.226 e. The summed E-state index contributed by atoms with van der Waals surface area (Å²) in [4.78, 5) is 16.9. The van der Waals surface area contributed by atoms with Crippen LogP contribution >= 0.6 is 0 Å². The largest absolute Gasteiger partial charge is 0.317 e. The predicted octanol–water partition coefficient (Wildman–Crippen LogP) is 2.92. The van der Waals surface area contributed by atoms with Crippen molar-refractivity contribution >= 4 is 11.6 Å². The number of amides is 1. The second kappa shape index (κ2) is 7.08. The highest BCUT2D eigenvalue weighted by Crippen LogP contribution is 2.46. The lowest BCUT2D eigenvalue weighted by molar-refractivity contribution is -0.118. The first-order valence-corrected chi connectivity index (χ1v) is 10.0. The molecule has 25 heavy (non-hydrogen) atoms. The fourth-order valence-corrected chi connectivity index (χ4v) is 4.73. The van der Waals surface area contributed by atoms with Gasteiger partial charge in [-0.2, -0.15) is 0 Å². The van der Waals surface area contributed by atoms with E-state index in [2.05, 4.69) is 42.4 Å². The van der Waals surface area contributed by atoms with Crippen LogP contribution in [-0.4, -0.2) is 49.6 Å². The zero-order chi connectivity index (χ0) is 17.4. The SMILES string of the molecule is CCCC(=O)N1CCc2cc(C3CC3N(C)C3CCNCC3)ccc21. The molecular weight excluding hydrogens is 310 g/mol. The minimum Gasteiger partial charge on any atom is -0.317 e. The number of rotatable bonds is 5. The molecule has 136 valence electrons. The van der Waals surface area contributed by atoms with Crippen LogP contribution in [0.5, 0.6) is 0 Å². The molecule has 4 nitrogen and oxygen atoms in total. The second-order valence-corrected chi connectivity index (χ2v) is 7.99. The van der Waals surface area contributed by atoms with Crippen molar-refractivity contribution in [2.24, 2.45) is 0 Å². The number of piperidine rings is 1. The first-order valence-electron chi connectivity index (χ1n) is 10.0. The molecule has 2 atom stereocenters. The van der Waals surface area contributed by atoms with Crippen molar-refractivity contribution in [3.63, 3.8) is 0 Å². The Labute approximate surface area is 151 Å². The van der Waals surface area contributed by atoms with Crippen molar-refractivity contribution in [2.45, 2.75) is 63.5 Å². The molecule has 0 radical (unpaired) electrons. The minimum absolute atomic E-state index is 0.281. The normalized spacial score (nSPS) is 26.1. The third kappa shape index (κ3) is 3.34. The molecule has 1 amide bonds. The van der Waals surface area contributed by atoms with Gasteiger partial charge in [0.05, 0.1) is 0 Å². The number of nitrogens with one attached hydrogen (secondary N) is 1. The van der Waals surface area contributed by atoms with Gasteiger partial charge < -0.3 is 10.2 Å².